The molecule has 0 bridgehead atoms. The predicted molar refractivity (Wildman–Crippen MR) is 47.0 cm³/mol. The second-order valence-electron chi connectivity index (χ2n) is 3.36. The molecule has 1 N–H and O–H groups in total. The van der Waals surface area contributed by atoms with Crippen LogP contribution in [0.5, 0.6) is 0 Å². The Morgan fingerprint density at radius 3 is 2.82 bits per heavy atom. The van der Waals surface area contributed by atoms with Crippen LogP contribution in [-0.4, -0.2) is 45.0 Å². The molecule has 1 saturated heterocycles. The Bertz CT molecular complexity index is 121. The van der Waals surface area contributed by atoms with E-state index in [-0.39, 0.29) is 6.10 Å². The monoisotopic (exact) mass is 175 g/mol. The summed E-state index contributed by atoms with van der Waals surface area (Å²) in [6.07, 6.45) is 0.788. The molecule has 4 heteroatoms. The van der Waals surface area contributed by atoms with Gasteiger partial charge in [-0.1, -0.05) is 0 Å². The molecule has 11 heavy (non-hydrogen) atoms. The van der Waals surface area contributed by atoms with Gasteiger partial charge >= 0.3 is 0 Å². The number of aliphatic hydroxyl groups excluding tert-OH is 1. The number of β-amino-alcohol motifs (C(OH)–C–C–N with tert-alkyl or cyclic N) is 1. The van der Waals surface area contributed by atoms with E-state index in [2.05, 4.69) is 18.0 Å². The molecular formula is C7H17NO2Si. The number of hydrogen-bond donors (Lipinski definition) is 1. The molecular weight excluding hydrogens is 158 g/mol. The summed E-state index contributed by atoms with van der Waals surface area (Å²) in [5.74, 6) is 0. The molecule has 0 aromatic carbocycles. The molecule has 1 aliphatic heterocycles. The zero-order chi connectivity index (χ0) is 8.27. The van der Waals surface area contributed by atoms with Gasteiger partial charge in [0.15, 0.2) is 9.04 Å². The van der Waals surface area contributed by atoms with Gasteiger partial charge in [-0.25, -0.2) is 0 Å². The fourth-order valence-corrected chi connectivity index (χ4v) is 1.69. The summed E-state index contributed by atoms with van der Waals surface area (Å²) in [5.41, 5.74) is 0. The molecule has 0 spiro atoms. The molecule has 1 atom stereocenters. The van der Waals surface area contributed by atoms with Crippen molar-refractivity contribution in [1.82, 2.24) is 4.90 Å². The first-order chi connectivity index (χ1) is 5.18. The van der Waals surface area contributed by atoms with Gasteiger partial charge in [-0.2, -0.15) is 0 Å². The Morgan fingerprint density at radius 2 is 2.36 bits per heavy atom. The quantitative estimate of drug-likeness (QED) is 0.613. The summed E-state index contributed by atoms with van der Waals surface area (Å²) in [5, 5.41) is 9.18. The molecule has 0 aromatic rings. The molecule has 1 fully saturated rings. The number of likely N-dealkylation sites (tertiary alicyclic amines) is 1. The van der Waals surface area contributed by atoms with Crippen molar-refractivity contribution >= 4 is 9.04 Å². The van der Waals surface area contributed by atoms with Crippen LogP contribution in [0.4, 0.5) is 0 Å². The topological polar surface area (TPSA) is 32.7 Å². The summed E-state index contributed by atoms with van der Waals surface area (Å²) in [6, 6.07) is 0. The number of nitrogens with zero attached hydrogens (tertiary/aromatic N) is 1. The van der Waals surface area contributed by atoms with Gasteiger partial charge in [-0.15, -0.1) is 0 Å². The van der Waals surface area contributed by atoms with Crippen LogP contribution in [0.3, 0.4) is 0 Å². The van der Waals surface area contributed by atoms with Gasteiger partial charge in [0.25, 0.3) is 0 Å². The highest BCUT2D eigenvalue weighted by molar-refractivity contribution is 6.48. The van der Waals surface area contributed by atoms with Gasteiger partial charge < -0.3 is 9.53 Å². The van der Waals surface area contributed by atoms with E-state index >= 15 is 0 Å². The average molecular weight is 175 g/mol. The fraction of sp³-hybridized carbons (Fsp3) is 1.00. The predicted octanol–water partition coefficient (Wildman–Crippen LogP) is 0.0105. The maximum absolute atomic E-state index is 9.18. The molecule has 1 unspecified atom stereocenters. The van der Waals surface area contributed by atoms with Crippen LogP contribution in [0.1, 0.15) is 6.42 Å². The van der Waals surface area contributed by atoms with Crippen molar-refractivity contribution in [3.63, 3.8) is 0 Å². The second-order valence-corrected chi connectivity index (χ2v) is 5.79. The minimum Gasteiger partial charge on any atom is -0.408 e. The van der Waals surface area contributed by atoms with Gasteiger partial charge in [0.1, 0.15) is 0 Å². The maximum atomic E-state index is 9.18. The number of hydrogen-bond acceptors (Lipinski definition) is 3. The van der Waals surface area contributed by atoms with Gasteiger partial charge in [-0.05, 0) is 19.5 Å². The third-order valence-electron chi connectivity index (χ3n) is 1.84. The summed E-state index contributed by atoms with van der Waals surface area (Å²) in [7, 11) is -0.870. The lowest BCUT2D eigenvalue weighted by Gasteiger charge is -2.16. The van der Waals surface area contributed by atoms with Crippen molar-refractivity contribution in [2.75, 3.05) is 19.8 Å². The van der Waals surface area contributed by atoms with Crippen LogP contribution in [0.25, 0.3) is 0 Å². The number of aliphatic hydroxyl groups is 1. The molecule has 1 rings (SSSR count). The first-order valence-electron chi connectivity index (χ1n) is 4.20. The van der Waals surface area contributed by atoms with Crippen LogP contribution >= 0.6 is 0 Å². The Kier molecular flexibility index (Phi) is 3.51. The molecule has 0 aromatic heterocycles. The average Bonchev–Trinajstić information content (AvgIpc) is 2.31. The van der Waals surface area contributed by atoms with Crippen LogP contribution < -0.4 is 0 Å². The van der Waals surface area contributed by atoms with Crippen molar-refractivity contribution < 1.29 is 9.53 Å². The van der Waals surface area contributed by atoms with Crippen molar-refractivity contribution in [2.24, 2.45) is 0 Å². The van der Waals surface area contributed by atoms with Crippen LogP contribution in [0.2, 0.25) is 13.1 Å². The Morgan fingerprint density at radius 1 is 1.64 bits per heavy atom. The largest absolute Gasteiger partial charge is 0.408 e. The lowest BCUT2D eigenvalue weighted by Crippen LogP contribution is -2.27. The van der Waals surface area contributed by atoms with Crippen molar-refractivity contribution in [3.05, 3.63) is 0 Å². The Hall–Kier alpha value is 0.0969. The maximum Gasteiger partial charge on any atom is 0.172 e. The highest BCUT2D eigenvalue weighted by Gasteiger charge is 2.19. The smallest absolute Gasteiger partial charge is 0.172 e. The summed E-state index contributed by atoms with van der Waals surface area (Å²) in [6.45, 7) is 6.82. The van der Waals surface area contributed by atoms with Crippen LogP contribution in [-0.2, 0) is 4.43 Å². The van der Waals surface area contributed by atoms with Gasteiger partial charge in [-0.3, -0.25) is 4.90 Å². The number of rotatable bonds is 3. The molecule has 0 saturated carbocycles. The second kappa shape index (κ2) is 4.20. The lowest BCUT2D eigenvalue weighted by molar-refractivity contribution is 0.123. The molecule has 0 aliphatic carbocycles. The normalized spacial score (nSPS) is 26.7. The Balaban J connectivity index is 2.08. The minimum absolute atomic E-state index is 0.118. The Labute approximate surface area is 69.7 Å². The third-order valence-corrected chi connectivity index (χ3v) is 2.65. The van der Waals surface area contributed by atoms with E-state index in [1.165, 1.54) is 0 Å². The lowest BCUT2D eigenvalue weighted by atomic mass is 10.3. The summed E-state index contributed by atoms with van der Waals surface area (Å²) < 4.78 is 5.53. The zero-order valence-corrected chi connectivity index (χ0v) is 8.44. The van der Waals surface area contributed by atoms with E-state index in [1.807, 2.05) is 0 Å². The minimum atomic E-state index is -0.870. The molecule has 1 heterocycles. The van der Waals surface area contributed by atoms with E-state index in [0.717, 1.165) is 26.2 Å². The fourth-order valence-electron chi connectivity index (χ4n) is 1.18. The molecule has 0 radical (unpaired) electrons. The van der Waals surface area contributed by atoms with Crippen LogP contribution in [0.15, 0.2) is 0 Å². The van der Waals surface area contributed by atoms with Crippen LogP contribution in [0, 0.1) is 0 Å². The molecule has 0 amide bonds. The zero-order valence-electron chi connectivity index (χ0n) is 7.29. The summed E-state index contributed by atoms with van der Waals surface area (Å²) in [4.78, 5) is 2.16. The van der Waals surface area contributed by atoms with Gasteiger partial charge in [0.2, 0.25) is 0 Å². The highest BCUT2D eigenvalue weighted by Crippen LogP contribution is 2.07. The van der Waals surface area contributed by atoms with E-state index < -0.39 is 9.04 Å². The standard InChI is InChI=1S/C7H17NO2Si/c1-11(2)10-6-8-4-3-7(9)5-8/h7,9,11H,3-6H2,1-2H3. The molecule has 66 valence electrons. The van der Waals surface area contributed by atoms with E-state index in [4.69, 9.17) is 4.43 Å². The molecule has 3 nitrogen and oxygen atoms in total. The molecule has 1 aliphatic rings. The third kappa shape index (κ3) is 3.33. The first-order valence-corrected chi connectivity index (χ1v) is 6.98. The highest BCUT2D eigenvalue weighted by atomic mass is 28.3. The first kappa shape index (κ1) is 9.19. The van der Waals surface area contributed by atoms with Crippen molar-refractivity contribution in [1.29, 1.82) is 0 Å². The van der Waals surface area contributed by atoms with Gasteiger partial charge in [0, 0.05) is 13.1 Å². The van der Waals surface area contributed by atoms with E-state index in [0.29, 0.717) is 0 Å². The summed E-state index contributed by atoms with van der Waals surface area (Å²) >= 11 is 0. The van der Waals surface area contributed by atoms with Crippen molar-refractivity contribution in [2.45, 2.75) is 25.6 Å². The van der Waals surface area contributed by atoms with E-state index in [1.54, 1.807) is 0 Å². The van der Waals surface area contributed by atoms with Gasteiger partial charge in [0.05, 0.1) is 12.8 Å². The SMILES string of the molecule is C[SiH](C)OCN1CCC(O)C1. The van der Waals surface area contributed by atoms with E-state index in [9.17, 15) is 5.11 Å². The van der Waals surface area contributed by atoms with Crippen molar-refractivity contribution in [3.8, 4) is 0 Å².